The number of hydrogen-bond donors (Lipinski definition) is 1. The highest BCUT2D eigenvalue weighted by Crippen LogP contribution is 2.07. The smallest absolute Gasteiger partial charge is 0.332 e. The standard InChI is InChI=1S/C14H23N5O3/c1-3-17-10-16-12-11(17)13(20)19(7-5-4-6-15)14(21)18(12)8-9-22-2/h10H,3-9,15H2,1-2H3. The van der Waals surface area contributed by atoms with Crippen LogP contribution in [0.4, 0.5) is 0 Å². The third-order valence-electron chi connectivity index (χ3n) is 3.68. The highest BCUT2D eigenvalue weighted by Gasteiger charge is 2.17. The summed E-state index contributed by atoms with van der Waals surface area (Å²) in [5, 5.41) is 0. The molecule has 2 N–H and O–H groups in total. The molecular formula is C14H23N5O3. The summed E-state index contributed by atoms with van der Waals surface area (Å²) in [4.78, 5) is 29.5. The summed E-state index contributed by atoms with van der Waals surface area (Å²) in [5.74, 6) is 0. The van der Waals surface area contributed by atoms with Crippen LogP contribution in [0.5, 0.6) is 0 Å². The molecule has 2 aromatic heterocycles. The molecule has 0 spiro atoms. The predicted molar refractivity (Wildman–Crippen MR) is 84.1 cm³/mol. The van der Waals surface area contributed by atoms with Gasteiger partial charge in [-0.25, -0.2) is 9.78 Å². The highest BCUT2D eigenvalue weighted by atomic mass is 16.5. The number of nitrogens with two attached hydrogens (primary N) is 1. The Morgan fingerprint density at radius 3 is 2.64 bits per heavy atom. The zero-order valence-electron chi connectivity index (χ0n) is 13.1. The molecule has 0 saturated heterocycles. The summed E-state index contributed by atoms with van der Waals surface area (Å²) in [6, 6.07) is 0. The second kappa shape index (κ2) is 7.37. The number of aromatic nitrogens is 4. The lowest BCUT2D eigenvalue weighted by molar-refractivity contribution is 0.186. The van der Waals surface area contributed by atoms with E-state index in [-0.39, 0.29) is 11.2 Å². The maximum Gasteiger partial charge on any atom is 0.332 e. The molecule has 0 aromatic carbocycles. The molecule has 0 unspecified atom stereocenters. The molecule has 0 radical (unpaired) electrons. The molecule has 2 rings (SSSR count). The molecule has 22 heavy (non-hydrogen) atoms. The van der Waals surface area contributed by atoms with Gasteiger partial charge in [0.15, 0.2) is 11.2 Å². The largest absolute Gasteiger partial charge is 0.383 e. The van der Waals surface area contributed by atoms with E-state index in [1.165, 1.54) is 9.13 Å². The van der Waals surface area contributed by atoms with E-state index >= 15 is 0 Å². The number of unbranched alkanes of at least 4 members (excludes halogenated alkanes) is 1. The molecule has 0 atom stereocenters. The molecule has 8 heteroatoms. The number of imidazole rings is 1. The van der Waals surface area contributed by atoms with Gasteiger partial charge in [0.2, 0.25) is 0 Å². The average molecular weight is 309 g/mol. The van der Waals surface area contributed by atoms with Gasteiger partial charge >= 0.3 is 5.69 Å². The third-order valence-corrected chi connectivity index (χ3v) is 3.68. The van der Waals surface area contributed by atoms with Gasteiger partial charge in [0, 0.05) is 20.2 Å². The van der Waals surface area contributed by atoms with E-state index in [0.717, 1.165) is 6.42 Å². The number of fused-ring (bicyclic) bond motifs is 1. The van der Waals surface area contributed by atoms with Crippen molar-refractivity contribution in [2.24, 2.45) is 5.73 Å². The summed E-state index contributed by atoms with van der Waals surface area (Å²) in [5.41, 5.74) is 5.74. The van der Waals surface area contributed by atoms with E-state index in [1.54, 1.807) is 18.0 Å². The van der Waals surface area contributed by atoms with Crippen LogP contribution in [-0.2, 0) is 24.4 Å². The van der Waals surface area contributed by atoms with Crippen molar-refractivity contribution >= 4 is 11.2 Å². The van der Waals surface area contributed by atoms with Crippen molar-refractivity contribution < 1.29 is 4.74 Å². The van der Waals surface area contributed by atoms with Crippen LogP contribution in [0, 0.1) is 0 Å². The Balaban J connectivity index is 2.62. The van der Waals surface area contributed by atoms with Gasteiger partial charge in [-0.1, -0.05) is 0 Å². The van der Waals surface area contributed by atoms with Crippen molar-refractivity contribution in [2.75, 3.05) is 20.3 Å². The fourth-order valence-corrected chi connectivity index (χ4v) is 2.47. The van der Waals surface area contributed by atoms with Crippen LogP contribution in [0.2, 0.25) is 0 Å². The Kier molecular flexibility index (Phi) is 5.51. The first-order chi connectivity index (χ1) is 10.7. The summed E-state index contributed by atoms with van der Waals surface area (Å²) in [7, 11) is 1.57. The van der Waals surface area contributed by atoms with E-state index in [2.05, 4.69) is 4.98 Å². The van der Waals surface area contributed by atoms with Crippen molar-refractivity contribution in [2.45, 2.75) is 39.4 Å². The van der Waals surface area contributed by atoms with Crippen molar-refractivity contribution in [1.29, 1.82) is 0 Å². The summed E-state index contributed by atoms with van der Waals surface area (Å²) in [6.45, 7) is 4.22. The molecule has 0 amide bonds. The predicted octanol–water partition coefficient (Wildman–Crippen LogP) is -0.235. The van der Waals surface area contributed by atoms with Gasteiger partial charge in [-0.3, -0.25) is 13.9 Å². The van der Waals surface area contributed by atoms with Crippen LogP contribution in [0.1, 0.15) is 19.8 Å². The number of nitrogens with zero attached hydrogens (tertiary/aromatic N) is 4. The molecule has 0 aliphatic carbocycles. The molecule has 0 saturated carbocycles. The lowest BCUT2D eigenvalue weighted by Crippen LogP contribution is -2.41. The van der Waals surface area contributed by atoms with Gasteiger partial charge in [0.1, 0.15) is 0 Å². The first kappa shape index (κ1) is 16.4. The van der Waals surface area contributed by atoms with Crippen LogP contribution in [0.15, 0.2) is 15.9 Å². The van der Waals surface area contributed by atoms with Crippen LogP contribution >= 0.6 is 0 Å². The number of aryl methyl sites for hydroxylation is 1. The van der Waals surface area contributed by atoms with Crippen molar-refractivity contribution in [3.8, 4) is 0 Å². The van der Waals surface area contributed by atoms with Gasteiger partial charge in [-0.05, 0) is 26.3 Å². The fourth-order valence-electron chi connectivity index (χ4n) is 2.47. The SMILES string of the molecule is CCn1cnc2c1c(=O)n(CCCCN)c(=O)n2CCOC. The number of methoxy groups -OCH3 is 1. The van der Waals surface area contributed by atoms with Gasteiger partial charge in [-0.15, -0.1) is 0 Å². The molecule has 0 aliphatic rings. The first-order valence-electron chi connectivity index (χ1n) is 7.53. The van der Waals surface area contributed by atoms with Crippen molar-refractivity contribution in [3.63, 3.8) is 0 Å². The van der Waals surface area contributed by atoms with Gasteiger partial charge in [0.25, 0.3) is 5.56 Å². The van der Waals surface area contributed by atoms with E-state index in [0.29, 0.717) is 50.4 Å². The topological polar surface area (TPSA) is 97.1 Å². The average Bonchev–Trinajstić information content (AvgIpc) is 2.94. The maximum absolute atomic E-state index is 12.6. The molecule has 2 aromatic rings. The number of hydrogen-bond acceptors (Lipinski definition) is 5. The third kappa shape index (κ3) is 2.97. The molecule has 122 valence electrons. The van der Waals surface area contributed by atoms with Gasteiger partial charge < -0.3 is 15.0 Å². The minimum Gasteiger partial charge on any atom is -0.383 e. The van der Waals surface area contributed by atoms with Crippen LogP contribution < -0.4 is 17.0 Å². The second-order valence-corrected chi connectivity index (χ2v) is 5.08. The molecule has 0 bridgehead atoms. The Morgan fingerprint density at radius 2 is 2.00 bits per heavy atom. The lowest BCUT2D eigenvalue weighted by Gasteiger charge is -2.11. The maximum atomic E-state index is 12.6. The van der Waals surface area contributed by atoms with Gasteiger partial charge in [-0.2, -0.15) is 0 Å². The molecule has 8 nitrogen and oxygen atoms in total. The quantitative estimate of drug-likeness (QED) is 0.679. The fraction of sp³-hybridized carbons (Fsp3) is 0.643. The molecule has 0 fully saturated rings. The van der Waals surface area contributed by atoms with E-state index in [4.69, 9.17) is 10.5 Å². The summed E-state index contributed by atoms with van der Waals surface area (Å²) < 4.78 is 9.61. The Labute approximate surface area is 128 Å². The van der Waals surface area contributed by atoms with Crippen LogP contribution in [-0.4, -0.2) is 38.9 Å². The first-order valence-corrected chi connectivity index (χ1v) is 7.53. The zero-order chi connectivity index (χ0) is 16.1. The Bertz CT molecular complexity index is 743. The minimum absolute atomic E-state index is 0.287. The van der Waals surface area contributed by atoms with Crippen molar-refractivity contribution in [3.05, 3.63) is 27.2 Å². The van der Waals surface area contributed by atoms with E-state index in [1.807, 2.05) is 6.92 Å². The lowest BCUT2D eigenvalue weighted by atomic mass is 10.3. The Hall–Kier alpha value is -1.93. The number of ether oxygens (including phenoxy) is 1. The van der Waals surface area contributed by atoms with Crippen LogP contribution in [0.25, 0.3) is 11.2 Å². The Morgan fingerprint density at radius 1 is 1.23 bits per heavy atom. The van der Waals surface area contributed by atoms with E-state index < -0.39 is 0 Å². The molecule has 0 aliphatic heterocycles. The van der Waals surface area contributed by atoms with Crippen molar-refractivity contribution in [1.82, 2.24) is 18.7 Å². The van der Waals surface area contributed by atoms with Gasteiger partial charge in [0.05, 0.1) is 19.5 Å². The van der Waals surface area contributed by atoms with E-state index in [9.17, 15) is 9.59 Å². The summed E-state index contributed by atoms with van der Waals surface area (Å²) in [6.07, 6.45) is 3.07. The highest BCUT2D eigenvalue weighted by molar-refractivity contribution is 5.70. The minimum atomic E-state index is -0.340. The molecule has 2 heterocycles. The second-order valence-electron chi connectivity index (χ2n) is 5.08. The zero-order valence-corrected chi connectivity index (χ0v) is 13.1. The monoisotopic (exact) mass is 309 g/mol. The van der Waals surface area contributed by atoms with Crippen LogP contribution in [0.3, 0.4) is 0 Å². The summed E-state index contributed by atoms with van der Waals surface area (Å²) >= 11 is 0. The molecular weight excluding hydrogens is 286 g/mol. The number of rotatable bonds is 8. The normalized spacial score (nSPS) is 11.4.